The lowest BCUT2D eigenvalue weighted by Crippen LogP contribution is -2.24. The number of benzene rings is 2. The molecule has 0 aromatic heterocycles. The molecule has 2 heteroatoms. The molecule has 1 aliphatic heterocycles. The maximum absolute atomic E-state index is 3.72. The second-order valence-electron chi connectivity index (χ2n) is 5.79. The third-order valence-electron chi connectivity index (χ3n) is 4.12. The molecule has 2 aromatic carbocycles. The fourth-order valence-electron chi connectivity index (χ4n) is 2.71. The second-order valence-corrected chi connectivity index (χ2v) is 7.21. The van der Waals surface area contributed by atoms with E-state index in [1.165, 1.54) is 32.8 Å². The van der Waals surface area contributed by atoms with Crippen LogP contribution in [0, 0.1) is 20.8 Å². The summed E-state index contributed by atoms with van der Waals surface area (Å²) in [6.07, 6.45) is 0. The molecular weight excluding hydrogens is 262 g/mol. The fourth-order valence-corrected chi connectivity index (χ4v) is 3.98. The van der Waals surface area contributed by atoms with Crippen LogP contribution in [0.5, 0.6) is 0 Å². The summed E-state index contributed by atoms with van der Waals surface area (Å²) < 4.78 is 0. The molecule has 0 amide bonds. The van der Waals surface area contributed by atoms with Crippen molar-refractivity contribution in [2.24, 2.45) is 0 Å². The zero-order chi connectivity index (χ0) is 14.3. The van der Waals surface area contributed by atoms with Crippen LogP contribution in [0.1, 0.15) is 35.2 Å². The van der Waals surface area contributed by atoms with E-state index >= 15 is 0 Å². The minimum atomic E-state index is 0.384. The quantitative estimate of drug-likeness (QED) is 0.766. The molecule has 1 heterocycles. The molecule has 0 aliphatic carbocycles. The molecule has 0 radical (unpaired) electrons. The van der Waals surface area contributed by atoms with Crippen molar-refractivity contribution in [1.82, 2.24) is 0 Å². The number of hydrogen-bond acceptors (Lipinski definition) is 2. The summed E-state index contributed by atoms with van der Waals surface area (Å²) in [5.41, 5.74) is 6.72. The van der Waals surface area contributed by atoms with Crippen LogP contribution in [-0.2, 0) is 0 Å². The minimum Gasteiger partial charge on any atom is -0.376 e. The van der Waals surface area contributed by atoms with Crippen LogP contribution < -0.4 is 5.32 Å². The van der Waals surface area contributed by atoms with Crippen molar-refractivity contribution >= 4 is 17.4 Å². The van der Waals surface area contributed by atoms with Crippen LogP contribution in [0.2, 0.25) is 0 Å². The largest absolute Gasteiger partial charge is 0.376 e. The van der Waals surface area contributed by atoms with Crippen molar-refractivity contribution in [3.05, 3.63) is 58.7 Å². The Bertz CT molecular complexity index is 648. The van der Waals surface area contributed by atoms with Gasteiger partial charge in [-0.15, -0.1) is 11.8 Å². The molecule has 1 nitrogen and oxygen atoms in total. The van der Waals surface area contributed by atoms with Gasteiger partial charge in [-0.3, -0.25) is 0 Å². The van der Waals surface area contributed by atoms with Gasteiger partial charge in [0.2, 0.25) is 0 Å². The molecule has 0 bridgehead atoms. The topological polar surface area (TPSA) is 12.0 Å². The first kappa shape index (κ1) is 13.6. The summed E-state index contributed by atoms with van der Waals surface area (Å²) in [4.78, 5) is 1.37. The Hall–Kier alpha value is -1.41. The monoisotopic (exact) mass is 283 g/mol. The molecule has 0 saturated carbocycles. The minimum absolute atomic E-state index is 0.384. The summed E-state index contributed by atoms with van der Waals surface area (Å²) >= 11 is 1.98. The van der Waals surface area contributed by atoms with Gasteiger partial charge in [0.05, 0.1) is 6.04 Å². The lowest BCUT2D eigenvalue weighted by Gasteiger charge is -2.33. The van der Waals surface area contributed by atoms with Gasteiger partial charge in [0.15, 0.2) is 0 Å². The zero-order valence-electron chi connectivity index (χ0n) is 12.5. The Kier molecular flexibility index (Phi) is 3.51. The van der Waals surface area contributed by atoms with Gasteiger partial charge in [0.25, 0.3) is 0 Å². The number of fused-ring (bicyclic) bond motifs is 1. The van der Waals surface area contributed by atoms with Gasteiger partial charge in [0.1, 0.15) is 0 Å². The average molecular weight is 283 g/mol. The number of hydrogen-bond donors (Lipinski definition) is 1. The first-order chi connectivity index (χ1) is 9.54. The lowest BCUT2D eigenvalue weighted by molar-refractivity contribution is 0.752. The Morgan fingerprint density at radius 2 is 1.75 bits per heavy atom. The summed E-state index contributed by atoms with van der Waals surface area (Å²) in [5.74, 6) is 0. The molecule has 2 aromatic rings. The van der Waals surface area contributed by atoms with Crippen molar-refractivity contribution in [2.75, 3.05) is 5.32 Å². The van der Waals surface area contributed by atoms with E-state index in [9.17, 15) is 0 Å². The van der Waals surface area contributed by atoms with Gasteiger partial charge in [-0.05, 0) is 55.2 Å². The predicted molar refractivity (Wildman–Crippen MR) is 88.8 cm³/mol. The molecule has 104 valence electrons. The first-order valence-corrected chi connectivity index (χ1v) is 8.03. The van der Waals surface area contributed by atoms with Crippen molar-refractivity contribution < 1.29 is 0 Å². The first-order valence-electron chi connectivity index (χ1n) is 7.15. The molecule has 2 atom stereocenters. The Labute approximate surface area is 125 Å². The van der Waals surface area contributed by atoms with Crippen LogP contribution in [0.25, 0.3) is 0 Å². The highest BCUT2D eigenvalue weighted by Crippen LogP contribution is 2.43. The van der Waals surface area contributed by atoms with E-state index in [0.29, 0.717) is 11.3 Å². The molecular formula is C18H21NS. The van der Waals surface area contributed by atoms with Crippen molar-refractivity contribution in [3.63, 3.8) is 0 Å². The molecule has 0 fully saturated rings. The highest BCUT2D eigenvalue weighted by Gasteiger charge is 2.26. The molecule has 0 spiro atoms. The fraction of sp³-hybridized carbons (Fsp3) is 0.333. The SMILES string of the molecule is Cc1ccc2c(c1)SC(C)C(c1ccc(C)c(C)c1)N2. The van der Waals surface area contributed by atoms with E-state index in [0.717, 1.165) is 0 Å². The number of anilines is 1. The van der Waals surface area contributed by atoms with Gasteiger partial charge in [0, 0.05) is 15.8 Å². The van der Waals surface area contributed by atoms with Gasteiger partial charge in [-0.2, -0.15) is 0 Å². The molecule has 1 N–H and O–H groups in total. The van der Waals surface area contributed by atoms with Crippen molar-refractivity contribution in [3.8, 4) is 0 Å². The van der Waals surface area contributed by atoms with Crippen LogP contribution >= 0.6 is 11.8 Å². The number of aryl methyl sites for hydroxylation is 3. The number of rotatable bonds is 1. The smallest absolute Gasteiger partial charge is 0.0633 e. The van der Waals surface area contributed by atoms with Crippen molar-refractivity contribution in [1.29, 1.82) is 0 Å². The van der Waals surface area contributed by atoms with Gasteiger partial charge >= 0.3 is 0 Å². The van der Waals surface area contributed by atoms with E-state index in [2.05, 4.69) is 69.4 Å². The molecule has 2 unspecified atom stereocenters. The maximum atomic E-state index is 3.72. The zero-order valence-corrected chi connectivity index (χ0v) is 13.3. The Balaban J connectivity index is 1.95. The van der Waals surface area contributed by atoms with Gasteiger partial charge in [-0.1, -0.05) is 31.2 Å². The lowest BCUT2D eigenvalue weighted by atomic mass is 9.98. The summed E-state index contributed by atoms with van der Waals surface area (Å²) in [6, 6.07) is 13.9. The summed E-state index contributed by atoms with van der Waals surface area (Å²) in [6.45, 7) is 8.82. The maximum Gasteiger partial charge on any atom is 0.0633 e. The average Bonchev–Trinajstić information content (AvgIpc) is 2.41. The van der Waals surface area contributed by atoms with Crippen molar-refractivity contribution in [2.45, 2.75) is 43.9 Å². The number of thioether (sulfide) groups is 1. The molecule has 1 aliphatic rings. The molecule has 0 saturated heterocycles. The van der Waals surface area contributed by atoms with E-state index in [-0.39, 0.29) is 0 Å². The van der Waals surface area contributed by atoms with Gasteiger partial charge in [-0.25, -0.2) is 0 Å². The number of nitrogens with one attached hydrogen (secondary N) is 1. The van der Waals surface area contributed by atoms with Crippen LogP contribution in [0.15, 0.2) is 41.3 Å². The second kappa shape index (κ2) is 5.17. The van der Waals surface area contributed by atoms with E-state index < -0.39 is 0 Å². The third kappa shape index (κ3) is 2.45. The van der Waals surface area contributed by atoms with E-state index in [1.54, 1.807) is 0 Å². The van der Waals surface area contributed by atoms with Crippen LogP contribution in [0.4, 0.5) is 5.69 Å². The summed E-state index contributed by atoms with van der Waals surface area (Å²) in [5, 5.41) is 4.25. The van der Waals surface area contributed by atoms with Gasteiger partial charge < -0.3 is 5.32 Å². The van der Waals surface area contributed by atoms with Crippen LogP contribution in [0.3, 0.4) is 0 Å². The predicted octanol–water partition coefficient (Wildman–Crippen LogP) is 5.26. The molecule has 20 heavy (non-hydrogen) atoms. The highest BCUT2D eigenvalue weighted by molar-refractivity contribution is 8.00. The Morgan fingerprint density at radius 3 is 2.50 bits per heavy atom. The van der Waals surface area contributed by atoms with E-state index in [1.807, 2.05) is 11.8 Å². The normalized spacial score (nSPS) is 21.2. The van der Waals surface area contributed by atoms with Crippen LogP contribution in [-0.4, -0.2) is 5.25 Å². The summed E-state index contributed by atoms with van der Waals surface area (Å²) in [7, 11) is 0. The molecule has 3 rings (SSSR count). The third-order valence-corrected chi connectivity index (χ3v) is 5.36. The Morgan fingerprint density at radius 1 is 0.950 bits per heavy atom. The highest BCUT2D eigenvalue weighted by atomic mass is 32.2. The van der Waals surface area contributed by atoms with E-state index in [4.69, 9.17) is 0 Å². The standard InChI is InChI=1S/C18H21NS/c1-11-5-8-16-17(9-11)20-14(4)18(19-16)15-7-6-12(2)13(3)10-15/h5-10,14,18-19H,1-4H3.